The number of halogens is 2. The summed E-state index contributed by atoms with van der Waals surface area (Å²) in [6.45, 7) is 3.99. The topological polar surface area (TPSA) is 29.5 Å². The lowest BCUT2D eigenvalue weighted by Crippen LogP contribution is -2.39. The van der Waals surface area contributed by atoms with Gasteiger partial charge in [0.25, 0.3) is 0 Å². The van der Waals surface area contributed by atoms with Crippen LogP contribution in [0.3, 0.4) is 0 Å². The molecule has 0 unspecified atom stereocenters. The maximum Gasteiger partial charge on any atom is 0.133 e. The highest BCUT2D eigenvalue weighted by Crippen LogP contribution is 2.36. The molecule has 5 heteroatoms. The van der Waals surface area contributed by atoms with Crippen molar-refractivity contribution >= 4 is 21.7 Å². The Labute approximate surface area is 161 Å². The van der Waals surface area contributed by atoms with Crippen LogP contribution in [0.2, 0.25) is 0 Å². The summed E-state index contributed by atoms with van der Waals surface area (Å²) in [5, 5.41) is 0. The van der Waals surface area contributed by atoms with Crippen LogP contribution in [-0.4, -0.2) is 17.4 Å². The van der Waals surface area contributed by atoms with Crippen LogP contribution in [0.5, 0.6) is 0 Å². The Hall–Kier alpha value is -1.98. The number of benzene rings is 2. The van der Waals surface area contributed by atoms with E-state index in [4.69, 9.17) is 4.74 Å². The molecule has 0 aromatic heterocycles. The summed E-state index contributed by atoms with van der Waals surface area (Å²) in [4.78, 5) is 13.9. The summed E-state index contributed by atoms with van der Waals surface area (Å²) in [7, 11) is 0. The molecule has 0 fully saturated rings. The minimum Gasteiger partial charge on any atom is -0.348 e. The molecule has 0 N–H and O–H groups in total. The van der Waals surface area contributed by atoms with Gasteiger partial charge in [-0.05, 0) is 55.3 Å². The van der Waals surface area contributed by atoms with Crippen molar-refractivity contribution in [2.24, 2.45) is 0 Å². The van der Waals surface area contributed by atoms with Gasteiger partial charge >= 0.3 is 0 Å². The zero-order valence-corrected chi connectivity index (χ0v) is 16.4. The first-order valence-corrected chi connectivity index (χ1v) is 9.29. The van der Waals surface area contributed by atoms with Crippen molar-refractivity contribution < 1.29 is 13.9 Å². The van der Waals surface area contributed by atoms with E-state index in [0.29, 0.717) is 6.73 Å². The Morgan fingerprint density at radius 1 is 1.23 bits per heavy atom. The summed E-state index contributed by atoms with van der Waals surface area (Å²) in [5.41, 5.74) is 1.10. The first-order valence-electron chi connectivity index (χ1n) is 8.50. The second kappa shape index (κ2) is 7.72. The van der Waals surface area contributed by atoms with Crippen LogP contribution in [0, 0.1) is 5.82 Å². The molecule has 0 bridgehead atoms. The second-order valence-corrected chi connectivity index (χ2v) is 7.52. The molecule has 2 atom stereocenters. The van der Waals surface area contributed by atoms with Crippen LogP contribution in [0.25, 0.3) is 0 Å². The Kier molecular flexibility index (Phi) is 5.58. The third-order valence-electron chi connectivity index (χ3n) is 4.70. The molecule has 3 rings (SSSR count). The van der Waals surface area contributed by atoms with Crippen molar-refractivity contribution in [3.63, 3.8) is 0 Å². The number of rotatable bonds is 5. The summed E-state index contributed by atoms with van der Waals surface area (Å²) < 4.78 is 20.5. The number of hydrogen-bond acceptors (Lipinski definition) is 3. The van der Waals surface area contributed by atoms with Gasteiger partial charge in [0.15, 0.2) is 0 Å². The quantitative estimate of drug-likeness (QED) is 0.658. The number of nitrogens with zero attached hydrogens (tertiary/aromatic N) is 1. The number of Topliss-reactive ketones (excluding diaryl/α,β-unsaturated/α-hetero) is 1. The van der Waals surface area contributed by atoms with E-state index in [2.05, 4.69) is 39.9 Å². The normalized spacial score (nSPS) is 20.8. The van der Waals surface area contributed by atoms with E-state index >= 15 is 0 Å². The summed E-state index contributed by atoms with van der Waals surface area (Å²) in [6, 6.07) is 14.4. The average molecular weight is 418 g/mol. The van der Waals surface area contributed by atoms with Crippen LogP contribution < -0.4 is 0 Å². The SMILES string of the molecule is CC(=O)C[C@@]1(c2ccc(F)cc2)C=CN([C@@H](C)c2ccc(Br)cc2)CO1. The molecule has 3 nitrogen and oxygen atoms in total. The Morgan fingerprint density at radius 3 is 2.42 bits per heavy atom. The van der Waals surface area contributed by atoms with Crippen LogP contribution in [0.4, 0.5) is 4.39 Å². The van der Waals surface area contributed by atoms with Crippen molar-refractivity contribution in [1.82, 2.24) is 4.90 Å². The highest BCUT2D eigenvalue weighted by Gasteiger charge is 2.36. The van der Waals surface area contributed by atoms with Gasteiger partial charge in [-0.3, -0.25) is 4.79 Å². The van der Waals surface area contributed by atoms with E-state index in [9.17, 15) is 9.18 Å². The van der Waals surface area contributed by atoms with Crippen LogP contribution in [-0.2, 0) is 15.1 Å². The van der Waals surface area contributed by atoms with Gasteiger partial charge in [-0.2, -0.15) is 0 Å². The predicted octanol–water partition coefficient (Wildman–Crippen LogP) is 5.33. The molecule has 0 aliphatic carbocycles. The van der Waals surface area contributed by atoms with Crippen molar-refractivity contribution in [2.75, 3.05) is 6.73 Å². The molecule has 1 heterocycles. The summed E-state index contributed by atoms with van der Waals surface area (Å²) in [6.07, 6.45) is 4.10. The van der Waals surface area contributed by atoms with Crippen LogP contribution in [0.1, 0.15) is 37.4 Å². The van der Waals surface area contributed by atoms with Crippen molar-refractivity contribution in [1.29, 1.82) is 0 Å². The minimum atomic E-state index is -0.852. The molecule has 136 valence electrons. The number of ketones is 1. The van der Waals surface area contributed by atoms with Crippen molar-refractivity contribution in [3.8, 4) is 0 Å². The molecular formula is C21H21BrFNO2. The van der Waals surface area contributed by atoms with Crippen LogP contribution in [0.15, 0.2) is 65.3 Å². The van der Waals surface area contributed by atoms with E-state index in [0.717, 1.165) is 10.0 Å². The monoisotopic (exact) mass is 417 g/mol. The largest absolute Gasteiger partial charge is 0.348 e. The Bertz CT molecular complexity index is 804. The van der Waals surface area contributed by atoms with Crippen molar-refractivity contribution in [2.45, 2.75) is 31.9 Å². The summed E-state index contributed by atoms with van der Waals surface area (Å²) >= 11 is 3.45. The number of carbonyl (C=O) groups excluding carboxylic acids is 1. The van der Waals surface area contributed by atoms with Gasteiger partial charge < -0.3 is 9.64 Å². The standard InChI is InChI=1S/C21H21BrFNO2/c1-15(25)13-21(18-5-9-20(23)10-6-18)11-12-24(14-26-21)16(2)17-3-7-19(22)8-4-17/h3-12,16H,13-14H2,1-2H3/t16-,21+/m0/s1. The molecule has 0 radical (unpaired) electrons. The summed E-state index contributed by atoms with van der Waals surface area (Å²) in [5.74, 6) is -0.287. The maximum absolute atomic E-state index is 13.3. The number of ether oxygens (including phenoxy) is 1. The third-order valence-corrected chi connectivity index (χ3v) is 5.23. The van der Waals surface area contributed by atoms with E-state index in [1.54, 1.807) is 19.1 Å². The lowest BCUT2D eigenvalue weighted by Gasteiger charge is -2.40. The van der Waals surface area contributed by atoms with Gasteiger partial charge in [-0.1, -0.05) is 40.2 Å². The lowest BCUT2D eigenvalue weighted by molar-refractivity contribution is -0.129. The highest BCUT2D eigenvalue weighted by atomic mass is 79.9. The fourth-order valence-corrected chi connectivity index (χ4v) is 3.43. The Balaban J connectivity index is 1.86. The smallest absolute Gasteiger partial charge is 0.133 e. The minimum absolute atomic E-state index is 0.0217. The van der Waals surface area contributed by atoms with E-state index < -0.39 is 5.60 Å². The van der Waals surface area contributed by atoms with E-state index in [1.165, 1.54) is 17.7 Å². The molecule has 2 aromatic rings. The van der Waals surface area contributed by atoms with Crippen LogP contribution >= 0.6 is 15.9 Å². The fraction of sp³-hybridized carbons (Fsp3) is 0.286. The zero-order chi connectivity index (χ0) is 18.7. The molecule has 1 aliphatic heterocycles. The molecule has 2 aromatic carbocycles. The molecule has 0 spiro atoms. The molecule has 0 amide bonds. The number of hydrogen-bond donors (Lipinski definition) is 0. The fourth-order valence-electron chi connectivity index (χ4n) is 3.16. The highest BCUT2D eigenvalue weighted by molar-refractivity contribution is 9.10. The van der Waals surface area contributed by atoms with E-state index in [-0.39, 0.29) is 24.1 Å². The zero-order valence-electron chi connectivity index (χ0n) is 14.8. The molecule has 0 saturated carbocycles. The van der Waals surface area contributed by atoms with Gasteiger partial charge in [-0.25, -0.2) is 4.39 Å². The van der Waals surface area contributed by atoms with Crippen molar-refractivity contribution in [3.05, 3.63) is 82.2 Å². The molecule has 0 saturated heterocycles. The Morgan fingerprint density at radius 2 is 1.88 bits per heavy atom. The van der Waals surface area contributed by atoms with E-state index in [1.807, 2.05) is 24.4 Å². The number of carbonyl (C=O) groups is 1. The molecule has 1 aliphatic rings. The first-order chi connectivity index (χ1) is 12.4. The maximum atomic E-state index is 13.3. The lowest BCUT2D eigenvalue weighted by atomic mass is 9.87. The molecular weight excluding hydrogens is 397 g/mol. The third kappa shape index (κ3) is 4.05. The average Bonchev–Trinajstić information content (AvgIpc) is 2.62. The second-order valence-electron chi connectivity index (χ2n) is 6.61. The van der Waals surface area contributed by atoms with Gasteiger partial charge in [0.05, 0.1) is 6.04 Å². The van der Waals surface area contributed by atoms with Gasteiger partial charge in [0.1, 0.15) is 23.9 Å². The van der Waals surface area contributed by atoms with Gasteiger partial charge in [0, 0.05) is 17.1 Å². The van der Waals surface area contributed by atoms with Gasteiger partial charge in [0.2, 0.25) is 0 Å². The first kappa shape index (κ1) is 18.8. The molecule has 26 heavy (non-hydrogen) atoms. The predicted molar refractivity (Wildman–Crippen MR) is 103 cm³/mol. The van der Waals surface area contributed by atoms with Gasteiger partial charge in [-0.15, -0.1) is 0 Å².